The van der Waals surface area contributed by atoms with E-state index < -0.39 is 0 Å². The van der Waals surface area contributed by atoms with Gasteiger partial charge in [0.15, 0.2) is 11.6 Å². The van der Waals surface area contributed by atoms with Crippen LogP contribution in [-0.4, -0.2) is 13.7 Å². The number of allylic oxidation sites excluding steroid dienone is 2. The van der Waals surface area contributed by atoms with Crippen LogP contribution in [0.1, 0.15) is 31.4 Å². The first-order valence-corrected chi connectivity index (χ1v) is 7.42. The Kier molecular flexibility index (Phi) is 3.79. The van der Waals surface area contributed by atoms with E-state index in [0.29, 0.717) is 5.75 Å². The molecular weight excluding hydrogens is 253 g/mol. The van der Waals surface area contributed by atoms with Crippen molar-refractivity contribution in [2.45, 2.75) is 25.8 Å². The standard InChI is InChI=1S/C17H22FNO/c1-11(13-5-6-17(20-2)16(18)9-13)19-10-15-8-12-3-4-14(15)7-12/h3-6,9,11-12,14-15,19H,7-8,10H2,1-2H3. The summed E-state index contributed by atoms with van der Waals surface area (Å²) in [5, 5.41) is 3.55. The van der Waals surface area contributed by atoms with Gasteiger partial charge in [0.05, 0.1) is 7.11 Å². The summed E-state index contributed by atoms with van der Waals surface area (Å²) in [4.78, 5) is 0. The Morgan fingerprint density at radius 3 is 2.80 bits per heavy atom. The molecule has 0 heterocycles. The Balaban J connectivity index is 1.58. The topological polar surface area (TPSA) is 21.3 Å². The Hall–Kier alpha value is -1.35. The average Bonchev–Trinajstić information content (AvgIpc) is 3.07. The molecule has 20 heavy (non-hydrogen) atoms. The van der Waals surface area contributed by atoms with E-state index in [1.165, 1.54) is 20.0 Å². The van der Waals surface area contributed by atoms with Crippen molar-refractivity contribution >= 4 is 0 Å². The third-order valence-corrected chi connectivity index (χ3v) is 4.78. The first kappa shape index (κ1) is 13.6. The molecule has 1 saturated carbocycles. The first-order valence-electron chi connectivity index (χ1n) is 7.42. The van der Waals surface area contributed by atoms with Crippen molar-refractivity contribution in [2.24, 2.45) is 17.8 Å². The first-order chi connectivity index (χ1) is 9.67. The second kappa shape index (κ2) is 5.57. The molecular formula is C17H22FNO. The van der Waals surface area contributed by atoms with E-state index in [1.807, 2.05) is 6.07 Å². The van der Waals surface area contributed by atoms with Gasteiger partial charge in [-0.1, -0.05) is 18.2 Å². The zero-order chi connectivity index (χ0) is 14.1. The largest absolute Gasteiger partial charge is 0.494 e. The van der Waals surface area contributed by atoms with Crippen LogP contribution in [0.15, 0.2) is 30.4 Å². The lowest BCUT2D eigenvalue weighted by Crippen LogP contribution is -2.27. The molecule has 0 aromatic heterocycles. The van der Waals surface area contributed by atoms with Crippen LogP contribution >= 0.6 is 0 Å². The van der Waals surface area contributed by atoms with Crippen LogP contribution in [0.4, 0.5) is 4.39 Å². The van der Waals surface area contributed by atoms with Crippen LogP contribution in [0.25, 0.3) is 0 Å². The molecule has 2 nitrogen and oxygen atoms in total. The smallest absolute Gasteiger partial charge is 0.165 e. The number of fused-ring (bicyclic) bond motifs is 2. The Morgan fingerprint density at radius 2 is 2.20 bits per heavy atom. The van der Waals surface area contributed by atoms with Crippen molar-refractivity contribution in [2.75, 3.05) is 13.7 Å². The zero-order valence-electron chi connectivity index (χ0n) is 12.1. The van der Waals surface area contributed by atoms with E-state index in [4.69, 9.17) is 4.74 Å². The second-order valence-electron chi connectivity index (χ2n) is 6.06. The molecule has 0 radical (unpaired) electrons. The molecule has 0 saturated heterocycles. The summed E-state index contributed by atoms with van der Waals surface area (Å²) in [5.41, 5.74) is 0.974. The lowest BCUT2D eigenvalue weighted by Gasteiger charge is -2.22. The number of hydrogen-bond donors (Lipinski definition) is 1. The minimum Gasteiger partial charge on any atom is -0.494 e. The van der Waals surface area contributed by atoms with Gasteiger partial charge in [0.1, 0.15) is 0 Å². The lowest BCUT2D eigenvalue weighted by molar-refractivity contribution is 0.382. The highest BCUT2D eigenvalue weighted by Gasteiger charge is 2.35. The summed E-state index contributed by atoms with van der Waals surface area (Å²) in [6.07, 6.45) is 7.37. The number of methoxy groups -OCH3 is 1. The SMILES string of the molecule is COc1ccc(C(C)NCC2CC3C=CC2C3)cc1F. The molecule has 1 fully saturated rings. The van der Waals surface area contributed by atoms with Crippen LogP contribution in [0.2, 0.25) is 0 Å². The summed E-state index contributed by atoms with van der Waals surface area (Å²) >= 11 is 0. The van der Waals surface area contributed by atoms with Crippen molar-refractivity contribution in [3.05, 3.63) is 41.7 Å². The monoisotopic (exact) mass is 275 g/mol. The molecule has 1 N–H and O–H groups in total. The number of hydrogen-bond acceptors (Lipinski definition) is 2. The molecule has 2 aliphatic rings. The highest BCUT2D eigenvalue weighted by Crippen LogP contribution is 2.43. The zero-order valence-corrected chi connectivity index (χ0v) is 12.1. The van der Waals surface area contributed by atoms with Crippen molar-refractivity contribution in [1.29, 1.82) is 0 Å². The molecule has 4 unspecified atom stereocenters. The van der Waals surface area contributed by atoms with Gasteiger partial charge in [-0.25, -0.2) is 4.39 Å². The van der Waals surface area contributed by atoms with Crippen molar-refractivity contribution < 1.29 is 9.13 Å². The van der Waals surface area contributed by atoms with Crippen LogP contribution in [0, 0.1) is 23.6 Å². The fourth-order valence-electron chi connectivity index (χ4n) is 3.53. The predicted molar refractivity (Wildman–Crippen MR) is 78.2 cm³/mol. The van der Waals surface area contributed by atoms with Gasteiger partial charge >= 0.3 is 0 Å². The maximum atomic E-state index is 13.7. The van der Waals surface area contributed by atoms with E-state index in [0.717, 1.165) is 29.9 Å². The van der Waals surface area contributed by atoms with E-state index >= 15 is 0 Å². The molecule has 2 aliphatic carbocycles. The molecule has 4 atom stereocenters. The third-order valence-electron chi connectivity index (χ3n) is 4.78. The maximum absolute atomic E-state index is 13.7. The molecule has 0 amide bonds. The molecule has 1 aromatic rings. The average molecular weight is 275 g/mol. The fraction of sp³-hybridized carbons (Fsp3) is 0.529. The summed E-state index contributed by atoms with van der Waals surface area (Å²) in [5.74, 6) is 2.32. The number of rotatable bonds is 5. The third kappa shape index (κ3) is 2.59. The van der Waals surface area contributed by atoms with Gasteiger partial charge in [0.25, 0.3) is 0 Å². The number of halogens is 1. The van der Waals surface area contributed by atoms with Crippen LogP contribution in [0.3, 0.4) is 0 Å². The van der Waals surface area contributed by atoms with E-state index in [-0.39, 0.29) is 11.9 Å². The molecule has 1 aromatic carbocycles. The van der Waals surface area contributed by atoms with Crippen LogP contribution < -0.4 is 10.1 Å². The minimum absolute atomic E-state index is 0.165. The van der Waals surface area contributed by atoms with E-state index in [2.05, 4.69) is 24.4 Å². The normalized spacial score (nSPS) is 28.9. The van der Waals surface area contributed by atoms with Gasteiger partial charge in [-0.05, 0) is 61.8 Å². The molecule has 108 valence electrons. The van der Waals surface area contributed by atoms with Crippen LogP contribution in [0.5, 0.6) is 5.75 Å². The minimum atomic E-state index is -0.290. The quantitative estimate of drug-likeness (QED) is 0.827. The molecule has 2 bridgehead atoms. The maximum Gasteiger partial charge on any atom is 0.165 e. The van der Waals surface area contributed by atoms with Crippen molar-refractivity contribution in [1.82, 2.24) is 5.32 Å². The predicted octanol–water partition coefficient (Wildman–Crippen LogP) is 3.70. The molecule has 0 aliphatic heterocycles. The molecule has 3 rings (SSSR count). The summed E-state index contributed by atoms with van der Waals surface area (Å²) in [6.45, 7) is 3.10. The highest BCUT2D eigenvalue weighted by atomic mass is 19.1. The molecule has 0 spiro atoms. The van der Waals surface area contributed by atoms with Crippen LogP contribution in [-0.2, 0) is 0 Å². The summed E-state index contributed by atoms with van der Waals surface area (Å²) in [7, 11) is 1.49. The van der Waals surface area contributed by atoms with Gasteiger partial charge in [0, 0.05) is 6.04 Å². The van der Waals surface area contributed by atoms with Gasteiger partial charge in [-0.15, -0.1) is 0 Å². The van der Waals surface area contributed by atoms with Crippen molar-refractivity contribution in [3.63, 3.8) is 0 Å². The van der Waals surface area contributed by atoms with Gasteiger partial charge < -0.3 is 10.1 Å². The van der Waals surface area contributed by atoms with E-state index in [9.17, 15) is 4.39 Å². The Bertz CT molecular complexity index is 514. The van der Waals surface area contributed by atoms with Gasteiger partial charge in [-0.2, -0.15) is 0 Å². The van der Waals surface area contributed by atoms with E-state index in [1.54, 1.807) is 12.1 Å². The summed E-state index contributed by atoms with van der Waals surface area (Å²) in [6, 6.07) is 5.36. The Morgan fingerprint density at radius 1 is 1.35 bits per heavy atom. The van der Waals surface area contributed by atoms with Gasteiger partial charge in [-0.3, -0.25) is 0 Å². The number of benzene rings is 1. The lowest BCUT2D eigenvalue weighted by atomic mass is 9.93. The fourth-order valence-corrected chi connectivity index (χ4v) is 3.53. The summed E-state index contributed by atoms with van der Waals surface area (Å²) < 4.78 is 18.7. The second-order valence-corrected chi connectivity index (χ2v) is 6.06. The number of ether oxygens (including phenoxy) is 1. The van der Waals surface area contributed by atoms with Crippen molar-refractivity contribution in [3.8, 4) is 5.75 Å². The highest BCUT2D eigenvalue weighted by molar-refractivity contribution is 5.30. The number of nitrogens with one attached hydrogen (secondary N) is 1. The Labute approximate surface area is 120 Å². The van der Waals surface area contributed by atoms with Gasteiger partial charge in [0.2, 0.25) is 0 Å². The molecule has 3 heteroatoms.